The Morgan fingerprint density at radius 3 is 3.17 bits per heavy atom. The Balaban J connectivity index is 2.79. The van der Waals surface area contributed by atoms with Crippen LogP contribution in [0.15, 0.2) is 23.4 Å². The quantitative estimate of drug-likeness (QED) is 0.532. The van der Waals surface area contributed by atoms with Crippen molar-refractivity contribution in [2.75, 3.05) is 7.11 Å². The van der Waals surface area contributed by atoms with Crippen molar-refractivity contribution >= 4 is 6.21 Å². The van der Waals surface area contributed by atoms with E-state index < -0.39 is 0 Å². The molecule has 0 unspecified atom stereocenters. The summed E-state index contributed by atoms with van der Waals surface area (Å²) in [5.41, 5.74) is 7.28. The van der Waals surface area contributed by atoms with Gasteiger partial charge in [0.1, 0.15) is 7.11 Å². The minimum atomic E-state index is 0.495. The number of benzene rings is 1. The van der Waals surface area contributed by atoms with Gasteiger partial charge in [0, 0.05) is 12.1 Å². The number of rotatable bonds is 3. The van der Waals surface area contributed by atoms with Crippen LogP contribution in [-0.2, 0) is 11.4 Å². The zero-order chi connectivity index (χ0) is 8.81. The molecule has 0 fully saturated rings. The second-order valence-corrected chi connectivity index (χ2v) is 2.25. The average molecular weight is 163 g/mol. The Bertz CT molecular complexity index is 271. The molecule has 1 radical (unpaired) electrons. The highest BCUT2D eigenvalue weighted by molar-refractivity contribution is 5.78. The lowest BCUT2D eigenvalue weighted by Crippen LogP contribution is -1.97. The third-order valence-electron chi connectivity index (χ3n) is 1.40. The normalized spacial score (nSPS) is 10.5. The average Bonchev–Trinajstić information content (AvgIpc) is 2.15. The van der Waals surface area contributed by atoms with Gasteiger partial charge in [-0.3, -0.25) is 0 Å². The Hall–Kier alpha value is -1.35. The lowest BCUT2D eigenvalue weighted by molar-refractivity contribution is 0.215. The molecule has 0 amide bonds. The molecule has 1 aromatic rings. The Morgan fingerprint density at radius 2 is 2.50 bits per heavy atom. The van der Waals surface area contributed by atoms with Gasteiger partial charge in [-0.05, 0) is 11.6 Å². The van der Waals surface area contributed by atoms with Crippen molar-refractivity contribution in [3.63, 3.8) is 0 Å². The van der Waals surface area contributed by atoms with Crippen molar-refractivity contribution in [1.82, 2.24) is 0 Å². The van der Waals surface area contributed by atoms with Crippen LogP contribution in [0.3, 0.4) is 0 Å². The van der Waals surface area contributed by atoms with Gasteiger partial charge in [-0.25, -0.2) is 0 Å². The molecule has 0 aliphatic carbocycles. The second-order valence-electron chi connectivity index (χ2n) is 2.25. The molecule has 0 atom stereocenters. The first-order valence-corrected chi connectivity index (χ1v) is 3.64. The fourth-order valence-electron chi connectivity index (χ4n) is 0.841. The van der Waals surface area contributed by atoms with E-state index in [1.54, 1.807) is 6.21 Å². The maximum atomic E-state index is 5.44. The van der Waals surface area contributed by atoms with Crippen molar-refractivity contribution < 1.29 is 4.84 Å². The third kappa shape index (κ3) is 2.36. The summed E-state index contributed by atoms with van der Waals surface area (Å²) < 4.78 is 0. The van der Waals surface area contributed by atoms with E-state index in [9.17, 15) is 0 Å². The predicted octanol–water partition coefficient (Wildman–Crippen LogP) is 0.926. The molecule has 3 nitrogen and oxygen atoms in total. The van der Waals surface area contributed by atoms with Crippen LogP contribution >= 0.6 is 0 Å². The molecule has 0 aliphatic rings. The number of hydrogen-bond acceptors (Lipinski definition) is 3. The minimum absolute atomic E-state index is 0.495. The zero-order valence-electron chi connectivity index (χ0n) is 6.95. The molecule has 12 heavy (non-hydrogen) atoms. The van der Waals surface area contributed by atoms with E-state index in [-0.39, 0.29) is 0 Å². The summed E-state index contributed by atoms with van der Waals surface area (Å²) in [6.45, 7) is 0.495. The summed E-state index contributed by atoms with van der Waals surface area (Å²) >= 11 is 0. The van der Waals surface area contributed by atoms with E-state index in [1.807, 2.05) is 18.2 Å². The monoisotopic (exact) mass is 163 g/mol. The zero-order valence-corrected chi connectivity index (χ0v) is 6.95. The summed E-state index contributed by atoms with van der Waals surface area (Å²) in [4.78, 5) is 4.54. The molecular formula is C9H11N2O. The van der Waals surface area contributed by atoms with E-state index in [0.29, 0.717) is 6.54 Å². The molecule has 1 rings (SSSR count). The molecule has 63 valence electrons. The van der Waals surface area contributed by atoms with Crippen LogP contribution < -0.4 is 5.73 Å². The van der Waals surface area contributed by atoms with Gasteiger partial charge in [0.15, 0.2) is 0 Å². The lowest BCUT2D eigenvalue weighted by atomic mass is 10.1. The van der Waals surface area contributed by atoms with Crippen LogP contribution in [0.4, 0.5) is 0 Å². The van der Waals surface area contributed by atoms with Crippen molar-refractivity contribution in [2.45, 2.75) is 6.54 Å². The number of nitrogens with zero attached hydrogens (tertiary/aromatic N) is 1. The first-order valence-electron chi connectivity index (χ1n) is 3.64. The first kappa shape index (κ1) is 8.74. The molecule has 0 saturated heterocycles. The lowest BCUT2D eigenvalue weighted by Gasteiger charge is -1.95. The summed E-state index contributed by atoms with van der Waals surface area (Å²) in [6.07, 6.45) is 1.60. The maximum absolute atomic E-state index is 5.44. The fraction of sp³-hybridized carbons (Fsp3) is 0.222. The maximum Gasteiger partial charge on any atom is 0.106 e. The van der Waals surface area contributed by atoms with E-state index in [4.69, 9.17) is 5.73 Å². The Morgan fingerprint density at radius 1 is 1.67 bits per heavy atom. The van der Waals surface area contributed by atoms with E-state index in [1.165, 1.54) is 7.11 Å². The van der Waals surface area contributed by atoms with E-state index in [2.05, 4.69) is 16.1 Å². The Kier molecular flexibility index (Phi) is 3.29. The molecule has 0 bridgehead atoms. The van der Waals surface area contributed by atoms with E-state index >= 15 is 0 Å². The van der Waals surface area contributed by atoms with Gasteiger partial charge in [-0.1, -0.05) is 23.4 Å². The molecule has 0 spiro atoms. The van der Waals surface area contributed by atoms with Crippen LogP contribution in [0, 0.1) is 6.07 Å². The van der Waals surface area contributed by atoms with Crippen molar-refractivity contribution in [2.24, 2.45) is 10.9 Å². The standard InChI is InChI=1S/C9H11N2O/c1-12-11-7-9-4-2-3-8(5-9)6-10/h2-4,7H,6,10H2,1H3. The highest BCUT2D eigenvalue weighted by Crippen LogP contribution is 2.00. The number of nitrogens with two attached hydrogens (primary N) is 1. The van der Waals surface area contributed by atoms with E-state index in [0.717, 1.165) is 11.1 Å². The molecule has 0 aromatic heterocycles. The molecular weight excluding hydrogens is 152 g/mol. The van der Waals surface area contributed by atoms with Crippen molar-refractivity contribution in [3.05, 3.63) is 35.4 Å². The van der Waals surface area contributed by atoms with Crippen molar-refractivity contribution in [1.29, 1.82) is 0 Å². The molecule has 3 heteroatoms. The largest absolute Gasteiger partial charge is 0.399 e. The van der Waals surface area contributed by atoms with Gasteiger partial charge in [0.2, 0.25) is 0 Å². The fourth-order valence-corrected chi connectivity index (χ4v) is 0.841. The van der Waals surface area contributed by atoms with Crippen LogP contribution in [0.5, 0.6) is 0 Å². The molecule has 0 heterocycles. The number of hydrogen-bond donors (Lipinski definition) is 1. The minimum Gasteiger partial charge on any atom is -0.399 e. The molecule has 1 aromatic carbocycles. The topological polar surface area (TPSA) is 47.6 Å². The van der Waals surface area contributed by atoms with Crippen LogP contribution in [0.25, 0.3) is 0 Å². The predicted molar refractivity (Wildman–Crippen MR) is 47.8 cm³/mol. The molecule has 2 N–H and O–H groups in total. The van der Waals surface area contributed by atoms with Gasteiger partial charge in [0.25, 0.3) is 0 Å². The van der Waals surface area contributed by atoms with Gasteiger partial charge in [-0.15, -0.1) is 0 Å². The highest BCUT2D eigenvalue weighted by atomic mass is 16.6. The van der Waals surface area contributed by atoms with Crippen LogP contribution in [0.1, 0.15) is 11.1 Å². The molecule has 0 saturated carbocycles. The summed E-state index contributed by atoms with van der Waals surface area (Å²) in [5, 5.41) is 3.62. The summed E-state index contributed by atoms with van der Waals surface area (Å²) in [6, 6.07) is 8.80. The SMILES string of the molecule is CON=Cc1[c]c(CN)ccc1. The van der Waals surface area contributed by atoms with Gasteiger partial charge in [-0.2, -0.15) is 0 Å². The van der Waals surface area contributed by atoms with Gasteiger partial charge < -0.3 is 10.6 Å². The highest BCUT2D eigenvalue weighted by Gasteiger charge is 1.91. The van der Waals surface area contributed by atoms with Gasteiger partial charge in [0.05, 0.1) is 6.21 Å². The second kappa shape index (κ2) is 4.51. The summed E-state index contributed by atoms with van der Waals surface area (Å²) in [5.74, 6) is 0. The smallest absolute Gasteiger partial charge is 0.106 e. The summed E-state index contributed by atoms with van der Waals surface area (Å²) in [7, 11) is 1.50. The van der Waals surface area contributed by atoms with Crippen molar-refractivity contribution in [3.8, 4) is 0 Å². The Labute approximate surface area is 71.8 Å². The third-order valence-corrected chi connectivity index (χ3v) is 1.40. The number of oxime groups is 1. The molecule has 0 aliphatic heterocycles. The first-order chi connectivity index (χ1) is 5.86. The van der Waals surface area contributed by atoms with Crippen LogP contribution in [-0.4, -0.2) is 13.3 Å². The van der Waals surface area contributed by atoms with Gasteiger partial charge >= 0.3 is 0 Å². The van der Waals surface area contributed by atoms with Crippen LogP contribution in [0.2, 0.25) is 0 Å².